The molecule has 0 N–H and O–H groups in total. The first-order valence-electron chi connectivity index (χ1n) is 9.27. The van der Waals surface area contributed by atoms with Crippen LogP contribution in [0.5, 0.6) is 0 Å². The van der Waals surface area contributed by atoms with E-state index in [0.29, 0.717) is 16.4 Å². The van der Waals surface area contributed by atoms with Crippen molar-refractivity contribution in [3.05, 3.63) is 95.5 Å². The van der Waals surface area contributed by atoms with Crippen LogP contribution < -0.4 is 9.91 Å². The molecule has 3 aromatic carbocycles. The Labute approximate surface area is 172 Å². The maximum absolute atomic E-state index is 13.4. The zero-order chi connectivity index (χ0) is 20.0. The fourth-order valence-corrected chi connectivity index (χ4v) is 4.03. The van der Waals surface area contributed by atoms with Gasteiger partial charge in [0.1, 0.15) is 12.0 Å². The van der Waals surface area contributed by atoms with E-state index in [2.05, 4.69) is 0 Å². The van der Waals surface area contributed by atoms with Gasteiger partial charge in [-0.1, -0.05) is 60.1 Å². The average molecular weight is 402 g/mol. The quantitative estimate of drug-likeness (QED) is 0.620. The summed E-state index contributed by atoms with van der Waals surface area (Å²) in [5.41, 5.74) is 2.72. The van der Waals surface area contributed by atoms with Crippen LogP contribution in [0.3, 0.4) is 0 Å². The SMILES string of the molecule is O=C1C2C(c3ccccc3)=NN(c3ccccc3)C2C(=O)N1c1ccc(Cl)cc1. The molecule has 2 amide bonds. The third-order valence-corrected chi connectivity index (χ3v) is 5.48. The van der Waals surface area contributed by atoms with E-state index < -0.39 is 12.0 Å². The molecular weight excluding hydrogens is 386 g/mol. The van der Waals surface area contributed by atoms with Gasteiger partial charge in [-0.15, -0.1) is 0 Å². The molecule has 142 valence electrons. The summed E-state index contributed by atoms with van der Waals surface area (Å²) in [7, 11) is 0. The number of carbonyl (C=O) groups is 2. The summed E-state index contributed by atoms with van der Waals surface area (Å²) < 4.78 is 0. The lowest BCUT2D eigenvalue weighted by Gasteiger charge is -2.22. The Hall–Kier alpha value is -3.44. The van der Waals surface area contributed by atoms with E-state index in [9.17, 15) is 9.59 Å². The fourth-order valence-electron chi connectivity index (χ4n) is 3.90. The van der Waals surface area contributed by atoms with Gasteiger partial charge in [0.25, 0.3) is 5.91 Å². The Morgan fingerprint density at radius 3 is 2.00 bits per heavy atom. The highest BCUT2D eigenvalue weighted by atomic mass is 35.5. The first kappa shape index (κ1) is 17.6. The van der Waals surface area contributed by atoms with Crippen LogP contribution in [-0.2, 0) is 9.59 Å². The molecule has 2 unspecified atom stereocenters. The smallest absolute Gasteiger partial charge is 0.259 e. The molecule has 0 aliphatic carbocycles. The summed E-state index contributed by atoms with van der Waals surface area (Å²) in [5, 5.41) is 6.93. The number of fused-ring (bicyclic) bond motifs is 1. The highest BCUT2D eigenvalue weighted by Crippen LogP contribution is 2.39. The summed E-state index contributed by atoms with van der Waals surface area (Å²) in [6, 6.07) is 25.0. The van der Waals surface area contributed by atoms with Crippen LogP contribution in [0.25, 0.3) is 0 Å². The number of hydrogen-bond donors (Lipinski definition) is 0. The highest BCUT2D eigenvalue weighted by molar-refractivity contribution is 6.34. The number of amides is 2. The Bertz CT molecular complexity index is 1110. The van der Waals surface area contributed by atoms with Gasteiger partial charge < -0.3 is 0 Å². The van der Waals surface area contributed by atoms with Crippen LogP contribution in [0.2, 0.25) is 5.02 Å². The number of carbonyl (C=O) groups excluding carboxylic acids is 2. The van der Waals surface area contributed by atoms with Crippen LogP contribution in [0.1, 0.15) is 5.56 Å². The number of rotatable bonds is 3. The molecule has 5 rings (SSSR count). The minimum absolute atomic E-state index is 0.275. The van der Waals surface area contributed by atoms with Crippen molar-refractivity contribution in [3.8, 4) is 0 Å². The van der Waals surface area contributed by atoms with E-state index in [1.807, 2.05) is 60.7 Å². The van der Waals surface area contributed by atoms with Gasteiger partial charge in [0.05, 0.1) is 17.1 Å². The lowest BCUT2D eigenvalue weighted by atomic mass is 9.93. The second-order valence-corrected chi connectivity index (χ2v) is 7.38. The Balaban J connectivity index is 1.63. The molecule has 2 aliphatic rings. The zero-order valence-electron chi connectivity index (χ0n) is 15.3. The van der Waals surface area contributed by atoms with Gasteiger partial charge in [-0.05, 0) is 42.0 Å². The second kappa shape index (κ2) is 6.87. The molecule has 5 nitrogen and oxygen atoms in total. The van der Waals surface area contributed by atoms with Gasteiger partial charge in [0.15, 0.2) is 0 Å². The molecule has 2 aliphatic heterocycles. The number of hydrogen-bond acceptors (Lipinski definition) is 4. The van der Waals surface area contributed by atoms with Gasteiger partial charge in [-0.3, -0.25) is 14.6 Å². The standard InChI is InChI=1S/C23H16ClN3O2/c24-16-11-13-17(14-12-16)26-22(28)19-20(15-7-3-1-4-8-15)25-27(21(19)23(26)29)18-9-5-2-6-10-18/h1-14,19,21H. The summed E-state index contributed by atoms with van der Waals surface area (Å²) in [6.45, 7) is 0. The normalized spacial score (nSPS) is 20.8. The molecule has 1 fully saturated rings. The fraction of sp³-hybridized carbons (Fsp3) is 0.0870. The second-order valence-electron chi connectivity index (χ2n) is 6.94. The van der Waals surface area contributed by atoms with Crippen LogP contribution in [0, 0.1) is 5.92 Å². The van der Waals surface area contributed by atoms with Crippen molar-refractivity contribution in [2.45, 2.75) is 6.04 Å². The average Bonchev–Trinajstić information content (AvgIpc) is 3.27. The zero-order valence-corrected chi connectivity index (χ0v) is 16.0. The topological polar surface area (TPSA) is 53.0 Å². The van der Waals surface area contributed by atoms with Crippen molar-refractivity contribution < 1.29 is 9.59 Å². The van der Waals surface area contributed by atoms with Crippen molar-refractivity contribution >= 4 is 40.5 Å². The van der Waals surface area contributed by atoms with Crippen molar-refractivity contribution in [1.82, 2.24) is 0 Å². The van der Waals surface area contributed by atoms with Crippen molar-refractivity contribution in [2.24, 2.45) is 11.0 Å². The molecule has 29 heavy (non-hydrogen) atoms. The van der Waals surface area contributed by atoms with Gasteiger partial charge in [0.2, 0.25) is 5.91 Å². The summed E-state index contributed by atoms with van der Waals surface area (Å²) in [6.07, 6.45) is 0. The number of benzene rings is 3. The summed E-state index contributed by atoms with van der Waals surface area (Å²) in [4.78, 5) is 28.1. The first-order chi connectivity index (χ1) is 14.1. The molecule has 2 atom stereocenters. The molecule has 0 spiro atoms. The lowest BCUT2D eigenvalue weighted by molar-refractivity contribution is -0.121. The molecule has 1 saturated heterocycles. The number of nitrogens with zero attached hydrogens (tertiary/aromatic N) is 3. The minimum Gasteiger partial charge on any atom is -0.273 e. The molecule has 0 radical (unpaired) electrons. The predicted octanol–water partition coefficient (Wildman–Crippen LogP) is 4.12. The molecular formula is C23H16ClN3O2. The van der Waals surface area contributed by atoms with Gasteiger partial charge in [-0.2, -0.15) is 5.10 Å². The Kier molecular flexibility index (Phi) is 4.18. The third kappa shape index (κ3) is 2.82. The number of halogens is 1. The summed E-state index contributed by atoms with van der Waals surface area (Å²) >= 11 is 5.98. The molecule has 0 bridgehead atoms. The van der Waals surface area contributed by atoms with Crippen LogP contribution in [-0.4, -0.2) is 23.6 Å². The molecule has 6 heteroatoms. The number of hydrazone groups is 1. The minimum atomic E-state index is -0.712. The van der Waals surface area contributed by atoms with E-state index in [1.165, 1.54) is 4.90 Å². The van der Waals surface area contributed by atoms with Crippen molar-refractivity contribution in [2.75, 3.05) is 9.91 Å². The van der Waals surface area contributed by atoms with Gasteiger partial charge in [0, 0.05) is 5.02 Å². The van der Waals surface area contributed by atoms with E-state index >= 15 is 0 Å². The molecule has 0 aromatic heterocycles. The number of anilines is 2. The molecule has 2 heterocycles. The number of para-hydroxylation sites is 1. The first-order valence-corrected chi connectivity index (χ1v) is 9.64. The number of imide groups is 1. The lowest BCUT2D eigenvalue weighted by Crippen LogP contribution is -2.39. The Morgan fingerprint density at radius 1 is 0.724 bits per heavy atom. The van der Waals surface area contributed by atoms with E-state index in [1.54, 1.807) is 29.3 Å². The highest BCUT2D eigenvalue weighted by Gasteiger charge is 2.57. The van der Waals surface area contributed by atoms with Crippen molar-refractivity contribution in [1.29, 1.82) is 0 Å². The maximum Gasteiger partial charge on any atom is 0.259 e. The van der Waals surface area contributed by atoms with Gasteiger partial charge >= 0.3 is 0 Å². The van der Waals surface area contributed by atoms with E-state index in [-0.39, 0.29) is 11.8 Å². The monoisotopic (exact) mass is 401 g/mol. The van der Waals surface area contributed by atoms with E-state index in [4.69, 9.17) is 16.7 Å². The summed E-state index contributed by atoms with van der Waals surface area (Å²) in [5.74, 6) is -1.23. The van der Waals surface area contributed by atoms with Gasteiger partial charge in [-0.25, -0.2) is 4.90 Å². The van der Waals surface area contributed by atoms with Crippen LogP contribution >= 0.6 is 11.6 Å². The maximum atomic E-state index is 13.4. The van der Waals surface area contributed by atoms with Crippen molar-refractivity contribution in [3.63, 3.8) is 0 Å². The largest absolute Gasteiger partial charge is 0.273 e. The predicted molar refractivity (Wildman–Crippen MR) is 113 cm³/mol. The molecule has 3 aromatic rings. The van der Waals surface area contributed by atoms with E-state index in [0.717, 1.165) is 11.3 Å². The Morgan fingerprint density at radius 2 is 1.34 bits per heavy atom. The van der Waals surface area contributed by atoms with Crippen LogP contribution in [0.4, 0.5) is 11.4 Å². The van der Waals surface area contributed by atoms with Crippen LogP contribution in [0.15, 0.2) is 90.0 Å². The third-order valence-electron chi connectivity index (χ3n) is 5.22. The molecule has 0 saturated carbocycles.